The van der Waals surface area contributed by atoms with E-state index in [1.165, 1.54) is 5.56 Å². The predicted octanol–water partition coefficient (Wildman–Crippen LogP) is 1.80. The quantitative estimate of drug-likeness (QED) is 0.573. The molecule has 0 bridgehead atoms. The summed E-state index contributed by atoms with van der Waals surface area (Å²) in [6.45, 7) is 0. The van der Waals surface area contributed by atoms with Crippen LogP contribution in [-0.2, 0) is 19.9 Å². The lowest BCUT2D eigenvalue weighted by molar-refractivity contribution is 0.782. The normalized spacial score (nSPS) is 11.5. The molecule has 21 heavy (non-hydrogen) atoms. The largest absolute Gasteiger partial charge is 0.269 e. The predicted molar refractivity (Wildman–Crippen MR) is 78.9 cm³/mol. The Bertz CT molecular complexity index is 906. The molecule has 0 aliphatic carbocycles. The van der Waals surface area contributed by atoms with Crippen LogP contribution in [0.1, 0.15) is 11.4 Å². The molecule has 6 nitrogen and oxygen atoms in total. The van der Waals surface area contributed by atoms with Gasteiger partial charge in [0, 0.05) is 13.5 Å². The second kappa shape index (κ2) is 4.66. The molecular formula is C15H14N6. The molecule has 0 spiro atoms. The number of nitrogens with zero attached hydrogens (tertiary/aromatic N) is 6. The molecule has 4 aromatic rings. The topological polar surface area (TPSA) is 60.9 Å². The van der Waals surface area contributed by atoms with Crippen molar-refractivity contribution in [1.29, 1.82) is 0 Å². The fourth-order valence-corrected chi connectivity index (χ4v) is 2.55. The van der Waals surface area contributed by atoms with Crippen LogP contribution in [-0.4, -0.2) is 29.4 Å². The first-order valence-corrected chi connectivity index (χ1v) is 6.87. The summed E-state index contributed by atoms with van der Waals surface area (Å²) in [5.74, 6) is 0.923. The molecule has 0 radical (unpaired) electrons. The van der Waals surface area contributed by atoms with Gasteiger partial charge in [-0.15, -0.1) is 10.2 Å². The van der Waals surface area contributed by atoms with Crippen molar-refractivity contribution in [3.63, 3.8) is 0 Å². The van der Waals surface area contributed by atoms with E-state index in [1.54, 1.807) is 17.2 Å². The van der Waals surface area contributed by atoms with Gasteiger partial charge in [-0.3, -0.25) is 9.08 Å². The Balaban J connectivity index is 1.71. The van der Waals surface area contributed by atoms with Crippen molar-refractivity contribution in [2.45, 2.75) is 12.8 Å². The van der Waals surface area contributed by atoms with Crippen molar-refractivity contribution in [3.8, 4) is 0 Å². The van der Waals surface area contributed by atoms with Crippen LogP contribution >= 0.6 is 0 Å². The number of aromatic nitrogens is 6. The highest BCUT2D eigenvalue weighted by molar-refractivity contribution is 5.88. The van der Waals surface area contributed by atoms with Crippen LogP contribution in [0.3, 0.4) is 0 Å². The van der Waals surface area contributed by atoms with Crippen molar-refractivity contribution in [3.05, 3.63) is 54.2 Å². The Labute approximate surface area is 121 Å². The first-order valence-electron chi connectivity index (χ1n) is 6.87. The molecule has 0 saturated heterocycles. The molecule has 0 amide bonds. The highest BCUT2D eigenvalue weighted by Gasteiger charge is 2.12. The number of benzene rings is 1. The van der Waals surface area contributed by atoms with Crippen LogP contribution in [0.15, 0.2) is 42.9 Å². The van der Waals surface area contributed by atoms with Gasteiger partial charge >= 0.3 is 0 Å². The number of hydrogen-bond acceptors (Lipinski definition) is 4. The zero-order chi connectivity index (χ0) is 14.2. The molecule has 6 heteroatoms. The first-order chi connectivity index (χ1) is 10.3. The SMILES string of the molecule is Cn1ncc2c1ncn1c(CCc3ccccc3)nnc21. The molecular weight excluding hydrogens is 264 g/mol. The van der Waals surface area contributed by atoms with Gasteiger partial charge in [-0.05, 0) is 12.0 Å². The number of rotatable bonds is 3. The average Bonchev–Trinajstić information content (AvgIpc) is 3.10. The first kappa shape index (κ1) is 12.0. The molecule has 0 saturated carbocycles. The Morgan fingerprint density at radius 2 is 1.86 bits per heavy atom. The molecule has 4 rings (SSSR count). The molecule has 3 heterocycles. The van der Waals surface area contributed by atoms with Gasteiger partial charge in [0.25, 0.3) is 0 Å². The minimum absolute atomic E-state index is 0.816. The molecule has 0 unspecified atom stereocenters. The van der Waals surface area contributed by atoms with Crippen LogP contribution < -0.4 is 0 Å². The van der Waals surface area contributed by atoms with E-state index in [4.69, 9.17) is 0 Å². The van der Waals surface area contributed by atoms with Crippen molar-refractivity contribution in [2.75, 3.05) is 0 Å². The van der Waals surface area contributed by atoms with E-state index in [2.05, 4.69) is 44.5 Å². The van der Waals surface area contributed by atoms with Gasteiger partial charge in [0.15, 0.2) is 11.3 Å². The van der Waals surface area contributed by atoms with Crippen molar-refractivity contribution < 1.29 is 0 Å². The van der Waals surface area contributed by atoms with Crippen molar-refractivity contribution >= 4 is 16.7 Å². The number of aryl methyl sites for hydroxylation is 3. The van der Waals surface area contributed by atoms with Gasteiger partial charge in [-0.25, -0.2) is 4.98 Å². The third kappa shape index (κ3) is 1.96. The maximum atomic E-state index is 4.44. The third-order valence-corrected chi connectivity index (χ3v) is 3.69. The third-order valence-electron chi connectivity index (χ3n) is 3.69. The van der Waals surface area contributed by atoms with E-state index in [9.17, 15) is 0 Å². The lowest BCUT2D eigenvalue weighted by Crippen LogP contribution is -2.00. The molecule has 3 aromatic heterocycles. The molecule has 0 aliphatic rings. The molecule has 104 valence electrons. The van der Waals surface area contributed by atoms with Gasteiger partial charge in [0.2, 0.25) is 0 Å². The summed E-state index contributed by atoms with van der Waals surface area (Å²) in [5, 5.41) is 13.7. The summed E-state index contributed by atoms with van der Waals surface area (Å²) in [5.41, 5.74) is 2.94. The fraction of sp³-hybridized carbons (Fsp3) is 0.200. The minimum atomic E-state index is 0.816. The molecule has 0 atom stereocenters. The summed E-state index contributed by atoms with van der Waals surface area (Å²) in [6.07, 6.45) is 5.33. The monoisotopic (exact) mass is 278 g/mol. The minimum Gasteiger partial charge on any atom is -0.269 e. The summed E-state index contributed by atoms with van der Waals surface area (Å²) in [7, 11) is 1.87. The van der Waals surface area contributed by atoms with Crippen LogP contribution in [0, 0.1) is 0 Å². The van der Waals surface area contributed by atoms with Crippen LogP contribution in [0.25, 0.3) is 16.7 Å². The molecule has 1 aromatic carbocycles. The smallest absolute Gasteiger partial charge is 0.174 e. The van der Waals surface area contributed by atoms with Gasteiger partial charge in [0.1, 0.15) is 12.2 Å². The van der Waals surface area contributed by atoms with E-state index in [0.717, 1.165) is 35.3 Å². The highest BCUT2D eigenvalue weighted by Crippen LogP contribution is 2.16. The average molecular weight is 278 g/mol. The van der Waals surface area contributed by atoms with Gasteiger partial charge in [-0.1, -0.05) is 30.3 Å². The second-order valence-corrected chi connectivity index (χ2v) is 5.05. The zero-order valence-corrected chi connectivity index (χ0v) is 11.6. The number of fused-ring (bicyclic) bond motifs is 3. The highest BCUT2D eigenvalue weighted by atomic mass is 15.3. The van der Waals surface area contributed by atoms with Crippen LogP contribution in [0.4, 0.5) is 0 Å². The van der Waals surface area contributed by atoms with E-state index < -0.39 is 0 Å². The summed E-state index contributed by atoms with van der Waals surface area (Å²) >= 11 is 0. The van der Waals surface area contributed by atoms with Crippen molar-refractivity contribution in [1.82, 2.24) is 29.4 Å². The van der Waals surface area contributed by atoms with Crippen LogP contribution in [0.5, 0.6) is 0 Å². The lowest BCUT2D eigenvalue weighted by atomic mass is 10.1. The van der Waals surface area contributed by atoms with E-state index in [1.807, 2.05) is 17.5 Å². The Hall–Kier alpha value is -2.76. The molecule has 0 fully saturated rings. The number of hydrogen-bond donors (Lipinski definition) is 0. The summed E-state index contributed by atoms with van der Waals surface area (Å²) < 4.78 is 3.70. The fourth-order valence-electron chi connectivity index (χ4n) is 2.55. The molecule has 0 N–H and O–H groups in total. The summed E-state index contributed by atoms with van der Waals surface area (Å²) in [4.78, 5) is 4.44. The Morgan fingerprint density at radius 1 is 1.00 bits per heavy atom. The van der Waals surface area contributed by atoms with Gasteiger partial charge in [-0.2, -0.15) is 5.10 Å². The summed E-state index contributed by atoms with van der Waals surface area (Å²) in [6, 6.07) is 10.4. The van der Waals surface area contributed by atoms with Gasteiger partial charge in [0.05, 0.1) is 11.6 Å². The van der Waals surface area contributed by atoms with Crippen LogP contribution in [0.2, 0.25) is 0 Å². The Morgan fingerprint density at radius 3 is 2.71 bits per heavy atom. The standard InChI is InChI=1S/C15H14N6/c1-20-14-12(9-17-20)15-19-18-13(21(15)10-16-14)8-7-11-5-3-2-4-6-11/h2-6,9-10H,7-8H2,1H3. The Kier molecular flexibility index (Phi) is 2.67. The van der Waals surface area contributed by atoms with E-state index in [-0.39, 0.29) is 0 Å². The van der Waals surface area contributed by atoms with Gasteiger partial charge < -0.3 is 0 Å². The maximum absolute atomic E-state index is 4.44. The van der Waals surface area contributed by atoms with E-state index >= 15 is 0 Å². The zero-order valence-electron chi connectivity index (χ0n) is 11.6. The second-order valence-electron chi connectivity index (χ2n) is 5.05. The molecule has 0 aliphatic heterocycles. The lowest BCUT2D eigenvalue weighted by Gasteiger charge is -2.01. The van der Waals surface area contributed by atoms with Crippen molar-refractivity contribution in [2.24, 2.45) is 7.05 Å². The van der Waals surface area contributed by atoms with E-state index in [0.29, 0.717) is 0 Å². The maximum Gasteiger partial charge on any atom is 0.174 e.